The van der Waals surface area contributed by atoms with E-state index in [1.54, 1.807) is 0 Å². The summed E-state index contributed by atoms with van der Waals surface area (Å²) in [5.74, 6) is 1.47. The van der Waals surface area contributed by atoms with Crippen molar-refractivity contribution in [3.05, 3.63) is 59.2 Å². The van der Waals surface area contributed by atoms with Crippen LogP contribution in [0.1, 0.15) is 47.2 Å². The van der Waals surface area contributed by atoms with Crippen LogP contribution in [0.25, 0.3) is 0 Å². The Morgan fingerprint density at radius 3 is 2.42 bits per heavy atom. The fourth-order valence-corrected chi connectivity index (χ4v) is 3.74. The van der Waals surface area contributed by atoms with E-state index in [0.717, 1.165) is 48.3 Å². The Balaban J connectivity index is 1.13. The number of hydrogen-bond donors (Lipinski definition) is 2. The van der Waals surface area contributed by atoms with Gasteiger partial charge in [0.25, 0.3) is 5.91 Å². The lowest BCUT2D eigenvalue weighted by atomic mass is 10.1. The van der Waals surface area contributed by atoms with Crippen molar-refractivity contribution in [1.29, 1.82) is 0 Å². The highest BCUT2D eigenvalue weighted by atomic mass is 16.7. The summed E-state index contributed by atoms with van der Waals surface area (Å²) in [5.41, 5.74) is 2.78. The molecule has 0 saturated heterocycles. The van der Waals surface area contributed by atoms with Crippen LogP contribution in [0.3, 0.4) is 0 Å². The average molecular weight is 421 g/mol. The zero-order chi connectivity index (χ0) is 21.2. The molecule has 0 bridgehead atoms. The highest BCUT2D eigenvalue weighted by molar-refractivity contribution is 5.94. The van der Waals surface area contributed by atoms with Crippen LogP contribution in [-0.4, -0.2) is 42.1 Å². The molecule has 0 aromatic heterocycles. The third kappa shape index (κ3) is 5.17. The molecule has 1 heterocycles. The molecule has 1 aliphatic heterocycles. The summed E-state index contributed by atoms with van der Waals surface area (Å²) in [6, 6.07) is 14.2. The van der Waals surface area contributed by atoms with Gasteiger partial charge in [-0.2, -0.15) is 0 Å². The quantitative estimate of drug-likeness (QED) is 0.651. The lowest BCUT2D eigenvalue weighted by molar-refractivity contribution is -0.122. The molecule has 0 spiro atoms. The van der Waals surface area contributed by atoms with Gasteiger partial charge in [-0.15, -0.1) is 0 Å². The maximum Gasteiger partial charge on any atom is 0.251 e. The van der Waals surface area contributed by atoms with Gasteiger partial charge in [0.15, 0.2) is 11.5 Å². The minimum atomic E-state index is -0.00371. The summed E-state index contributed by atoms with van der Waals surface area (Å²) in [7, 11) is 0. The van der Waals surface area contributed by atoms with Crippen molar-refractivity contribution < 1.29 is 19.1 Å². The van der Waals surface area contributed by atoms with Gasteiger partial charge in [0.1, 0.15) is 0 Å². The van der Waals surface area contributed by atoms with Crippen LogP contribution in [0, 0.1) is 0 Å². The Kier molecular flexibility index (Phi) is 5.51. The molecule has 2 saturated carbocycles. The second-order valence-electron chi connectivity index (χ2n) is 8.55. The second-order valence-corrected chi connectivity index (χ2v) is 8.55. The molecule has 31 heavy (non-hydrogen) atoms. The molecule has 0 unspecified atom stereocenters. The van der Waals surface area contributed by atoms with Crippen LogP contribution in [0.4, 0.5) is 0 Å². The Morgan fingerprint density at radius 1 is 0.935 bits per heavy atom. The summed E-state index contributed by atoms with van der Waals surface area (Å²) in [4.78, 5) is 26.9. The van der Waals surface area contributed by atoms with E-state index >= 15 is 0 Å². The fourth-order valence-electron chi connectivity index (χ4n) is 3.74. The molecule has 2 amide bonds. The largest absolute Gasteiger partial charge is 0.454 e. The SMILES string of the molecule is O=C(CN(Cc1ccc(C(=O)NC2CC2)cc1)C1CC1)NCc1ccc2c(c1)OCO2. The van der Waals surface area contributed by atoms with Crippen LogP contribution < -0.4 is 20.1 Å². The number of fused-ring (bicyclic) bond motifs is 1. The van der Waals surface area contributed by atoms with Crippen LogP contribution in [0.2, 0.25) is 0 Å². The molecular formula is C24H27N3O4. The van der Waals surface area contributed by atoms with Crippen LogP contribution in [-0.2, 0) is 17.9 Å². The molecule has 0 radical (unpaired) electrons. The lowest BCUT2D eigenvalue weighted by Gasteiger charge is -2.21. The van der Waals surface area contributed by atoms with E-state index in [0.29, 0.717) is 37.3 Å². The molecule has 2 aromatic rings. The average Bonchev–Trinajstić information content (AvgIpc) is 3.71. The molecule has 2 aliphatic carbocycles. The third-order valence-electron chi connectivity index (χ3n) is 5.85. The highest BCUT2D eigenvalue weighted by Gasteiger charge is 2.30. The van der Waals surface area contributed by atoms with Crippen molar-refractivity contribution in [2.75, 3.05) is 13.3 Å². The van der Waals surface area contributed by atoms with Gasteiger partial charge in [-0.3, -0.25) is 14.5 Å². The van der Waals surface area contributed by atoms with Crippen LogP contribution in [0.5, 0.6) is 11.5 Å². The fraction of sp³-hybridized carbons (Fsp3) is 0.417. The van der Waals surface area contributed by atoms with Crippen molar-refractivity contribution in [3.8, 4) is 11.5 Å². The summed E-state index contributed by atoms with van der Waals surface area (Å²) in [6.45, 7) is 1.76. The Labute approximate surface area is 181 Å². The predicted molar refractivity (Wildman–Crippen MR) is 115 cm³/mol. The van der Waals surface area contributed by atoms with Gasteiger partial charge in [0, 0.05) is 30.7 Å². The maximum absolute atomic E-state index is 12.6. The van der Waals surface area contributed by atoms with Gasteiger partial charge in [-0.25, -0.2) is 0 Å². The molecule has 5 rings (SSSR count). The molecule has 2 N–H and O–H groups in total. The molecular weight excluding hydrogens is 394 g/mol. The van der Waals surface area contributed by atoms with Gasteiger partial charge < -0.3 is 20.1 Å². The second kappa shape index (κ2) is 8.59. The first-order valence-electron chi connectivity index (χ1n) is 10.9. The van der Waals surface area contributed by atoms with E-state index in [2.05, 4.69) is 15.5 Å². The molecule has 0 atom stereocenters. The lowest BCUT2D eigenvalue weighted by Crippen LogP contribution is -2.37. The predicted octanol–water partition coefficient (Wildman–Crippen LogP) is 2.59. The van der Waals surface area contributed by atoms with Crippen molar-refractivity contribution in [2.45, 2.75) is 50.9 Å². The van der Waals surface area contributed by atoms with E-state index in [1.165, 1.54) is 0 Å². The zero-order valence-electron chi connectivity index (χ0n) is 17.4. The van der Waals surface area contributed by atoms with Gasteiger partial charge in [-0.1, -0.05) is 18.2 Å². The van der Waals surface area contributed by atoms with E-state index < -0.39 is 0 Å². The summed E-state index contributed by atoms with van der Waals surface area (Å²) < 4.78 is 10.7. The smallest absolute Gasteiger partial charge is 0.251 e. The zero-order valence-corrected chi connectivity index (χ0v) is 17.4. The number of rotatable bonds is 9. The van der Waals surface area contributed by atoms with Crippen molar-refractivity contribution in [3.63, 3.8) is 0 Å². The number of benzene rings is 2. The van der Waals surface area contributed by atoms with E-state index in [4.69, 9.17) is 9.47 Å². The first-order valence-corrected chi connectivity index (χ1v) is 10.9. The van der Waals surface area contributed by atoms with E-state index in [-0.39, 0.29) is 18.6 Å². The van der Waals surface area contributed by atoms with E-state index in [1.807, 2.05) is 42.5 Å². The van der Waals surface area contributed by atoms with Gasteiger partial charge >= 0.3 is 0 Å². The third-order valence-corrected chi connectivity index (χ3v) is 5.85. The van der Waals surface area contributed by atoms with Gasteiger partial charge in [0.05, 0.1) is 6.54 Å². The minimum Gasteiger partial charge on any atom is -0.454 e. The Bertz CT molecular complexity index is 967. The summed E-state index contributed by atoms with van der Waals surface area (Å²) >= 11 is 0. The Morgan fingerprint density at radius 2 is 1.68 bits per heavy atom. The van der Waals surface area contributed by atoms with Crippen LogP contribution in [0.15, 0.2) is 42.5 Å². The normalized spacial score (nSPS) is 16.9. The van der Waals surface area contributed by atoms with Crippen molar-refractivity contribution in [1.82, 2.24) is 15.5 Å². The van der Waals surface area contributed by atoms with Gasteiger partial charge in [0.2, 0.25) is 12.7 Å². The molecule has 162 valence electrons. The number of carbonyl (C=O) groups excluding carboxylic acids is 2. The van der Waals surface area contributed by atoms with Crippen LogP contribution >= 0.6 is 0 Å². The first-order chi connectivity index (χ1) is 15.1. The van der Waals surface area contributed by atoms with Crippen molar-refractivity contribution >= 4 is 11.8 Å². The van der Waals surface area contributed by atoms with Crippen molar-refractivity contribution in [2.24, 2.45) is 0 Å². The number of carbonyl (C=O) groups is 2. The maximum atomic E-state index is 12.6. The number of nitrogens with zero attached hydrogens (tertiary/aromatic N) is 1. The highest BCUT2D eigenvalue weighted by Crippen LogP contribution is 2.32. The summed E-state index contributed by atoms with van der Waals surface area (Å²) in [5, 5.41) is 6.02. The number of ether oxygens (including phenoxy) is 2. The van der Waals surface area contributed by atoms with E-state index in [9.17, 15) is 9.59 Å². The molecule has 7 heteroatoms. The minimum absolute atomic E-state index is 0.00371. The topological polar surface area (TPSA) is 79.9 Å². The standard InChI is InChI=1S/C24H27N3O4/c28-23(25-12-17-3-10-21-22(11-17)31-15-30-21)14-27(20-8-9-20)13-16-1-4-18(5-2-16)24(29)26-19-6-7-19/h1-5,10-11,19-20H,6-9,12-15H2,(H,25,28)(H,26,29). The molecule has 2 fully saturated rings. The molecule has 3 aliphatic rings. The number of nitrogens with one attached hydrogen (secondary N) is 2. The first kappa shape index (κ1) is 19.9. The number of hydrogen-bond acceptors (Lipinski definition) is 5. The molecule has 2 aromatic carbocycles. The summed E-state index contributed by atoms with van der Waals surface area (Å²) in [6.07, 6.45) is 4.41. The Hall–Kier alpha value is -3.06. The van der Waals surface area contributed by atoms with Gasteiger partial charge in [-0.05, 0) is 61.1 Å². The number of amides is 2. The monoisotopic (exact) mass is 421 g/mol. The molecule has 7 nitrogen and oxygen atoms in total.